The number of carbonyl (C=O) groups is 2. The number of benzene rings is 1. The predicted octanol–water partition coefficient (Wildman–Crippen LogP) is 1.97. The summed E-state index contributed by atoms with van der Waals surface area (Å²) in [4.78, 5) is 26.1. The molecule has 2 aromatic rings. The smallest absolute Gasteiger partial charge is 0.305 e. The molecular formula is C20H25N3O5. The molecular weight excluding hydrogens is 362 g/mol. The number of carboxylic acid groups (broad SMARTS) is 1. The highest BCUT2D eigenvalue weighted by Gasteiger charge is 2.33. The Morgan fingerprint density at radius 3 is 2.57 bits per heavy atom. The number of ether oxygens (including phenoxy) is 2. The van der Waals surface area contributed by atoms with Gasteiger partial charge < -0.3 is 19.5 Å². The van der Waals surface area contributed by atoms with E-state index in [1.807, 2.05) is 19.3 Å². The molecule has 1 aliphatic heterocycles. The standard InChI is InChI=1S/C20H25N3O5/c1-22-12-13(11-21-22)4-5-19(24)23-7-6-14-8-17(27-2)18(28-3)9-15(14)16(23)10-20(25)26/h8-9,11-12,16H,4-7,10H2,1-3H3,(H,25,26)/t16-/m1/s1. The monoisotopic (exact) mass is 387 g/mol. The number of carbonyl (C=O) groups excluding carboxylic acids is 1. The van der Waals surface area contributed by atoms with Crippen LogP contribution in [0, 0.1) is 0 Å². The first kappa shape index (κ1) is 19.7. The third-order valence-electron chi connectivity index (χ3n) is 5.08. The van der Waals surface area contributed by atoms with Gasteiger partial charge in [-0.15, -0.1) is 0 Å². The molecule has 0 aliphatic carbocycles. The summed E-state index contributed by atoms with van der Waals surface area (Å²) >= 11 is 0. The highest BCUT2D eigenvalue weighted by atomic mass is 16.5. The van der Waals surface area contributed by atoms with Gasteiger partial charge in [-0.1, -0.05) is 0 Å². The van der Waals surface area contributed by atoms with Crippen LogP contribution in [0.15, 0.2) is 24.5 Å². The molecule has 0 radical (unpaired) electrons. The van der Waals surface area contributed by atoms with E-state index in [9.17, 15) is 14.7 Å². The van der Waals surface area contributed by atoms with Crippen molar-refractivity contribution in [2.24, 2.45) is 7.05 Å². The van der Waals surface area contributed by atoms with Crippen molar-refractivity contribution in [3.05, 3.63) is 41.2 Å². The van der Waals surface area contributed by atoms with E-state index in [4.69, 9.17) is 9.47 Å². The maximum absolute atomic E-state index is 12.9. The van der Waals surface area contributed by atoms with Crippen molar-refractivity contribution in [3.8, 4) is 11.5 Å². The maximum atomic E-state index is 12.9. The Bertz CT molecular complexity index is 877. The van der Waals surface area contributed by atoms with Crippen LogP contribution in [0.5, 0.6) is 11.5 Å². The van der Waals surface area contributed by atoms with Gasteiger partial charge in [0.2, 0.25) is 5.91 Å². The van der Waals surface area contributed by atoms with Gasteiger partial charge in [0.1, 0.15) is 0 Å². The summed E-state index contributed by atoms with van der Waals surface area (Å²) < 4.78 is 12.4. The minimum atomic E-state index is -0.947. The van der Waals surface area contributed by atoms with Gasteiger partial charge in [0.25, 0.3) is 0 Å². The van der Waals surface area contributed by atoms with Crippen molar-refractivity contribution >= 4 is 11.9 Å². The van der Waals surface area contributed by atoms with Crippen LogP contribution in [-0.4, -0.2) is 52.4 Å². The summed E-state index contributed by atoms with van der Waals surface area (Å²) in [7, 11) is 4.93. The van der Waals surface area contributed by atoms with Crippen molar-refractivity contribution in [2.45, 2.75) is 31.7 Å². The van der Waals surface area contributed by atoms with Crippen LogP contribution in [0.25, 0.3) is 0 Å². The minimum Gasteiger partial charge on any atom is -0.493 e. The Hall–Kier alpha value is -3.03. The molecule has 0 saturated carbocycles. The lowest BCUT2D eigenvalue weighted by molar-refractivity contribution is -0.141. The first-order valence-electron chi connectivity index (χ1n) is 9.16. The normalized spacial score (nSPS) is 15.8. The van der Waals surface area contributed by atoms with Crippen molar-refractivity contribution in [2.75, 3.05) is 20.8 Å². The molecule has 1 atom stereocenters. The summed E-state index contributed by atoms with van der Waals surface area (Å²) in [5, 5.41) is 13.5. The number of fused-ring (bicyclic) bond motifs is 1. The summed E-state index contributed by atoms with van der Waals surface area (Å²) in [6.07, 6.45) is 4.99. The molecule has 0 fully saturated rings. The van der Waals surface area contributed by atoms with Crippen molar-refractivity contribution in [1.29, 1.82) is 0 Å². The van der Waals surface area contributed by atoms with E-state index >= 15 is 0 Å². The second-order valence-corrected chi connectivity index (χ2v) is 6.88. The van der Waals surface area contributed by atoms with Crippen LogP contribution < -0.4 is 9.47 Å². The van der Waals surface area contributed by atoms with E-state index in [1.54, 1.807) is 29.0 Å². The van der Waals surface area contributed by atoms with Crippen molar-refractivity contribution in [1.82, 2.24) is 14.7 Å². The number of aromatic nitrogens is 2. The van der Waals surface area contributed by atoms with Gasteiger partial charge in [0.15, 0.2) is 11.5 Å². The fraction of sp³-hybridized carbons (Fsp3) is 0.450. The largest absolute Gasteiger partial charge is 0.493 e. The van der Waals surface area contributed by atoms with Gasteiger partial charge in [-0.3, -0.25) is 14.3 Å². The van der Waals surface area contributed by atoms with Gasteiger partial charge in [-0.25, -0.2) is 0 Å². The van der Waals surface area contributed by atoms with Crippen LogP contribution in [-0.2, 0) is 29.5 Å². The molecule has 1 amide bonds. The van der Waals surface area contributed by atoms with E-state index in [0.29, 0.717) is 37.3 Å². The number of hydrogen-bond donors (Lipinski definition) is 1. The second kappa shape index (κ2) is 8.33. The number of nitrogens with zero attached hydrogens (tertiary/aromatic N) is 3. The molecule has 0 spiro atoms. The van der Waals surface area contributed by atoms with Crippen molar-refractivity contribution in [3.63, 3.8) is 0 Å². The predicted molar refractivity (Wildman–Crippen MR) is 101 cm³/mol. The Morgan fingerprint density at radius 1 is 1.25 bits per heavy atom. The van der Waals surface area contributed by atoms with E-state index in [-0.39, 0.29) is 12.3 Å². The molecule has 0 unspecified atom stereocenters. The molecule has 0 saturated heterocycles. The highest BCUT2D eigenvalue weighted by Crippen LogP contribution is 2.39. The summed E-state index contributed by atoms with van der Waals surface area (Å²) in [5.41, 5.74) is 2.77. The number of hydrogen-bond acceptors (Lipinski definition) is 5. The number of amides is 1. The Morgan fingerprint density at radius 2 is 1.96 bits per heavy atom. The Labute approximate surface area is 163 Å². The lowest BCUT2D eigenvalue weighted by Crippen LogP contribution is -2.41. The van der Waals surface area contributed by atoms with E-state index in [1.165, 1.54) is 7.11 Å². The molecule has 1 aromatic heterocycles. The van der Waals surface area contributed by atoms with E-state index < -0.39 is 12.0 Å². The zero-order valence-electron chi connectivity index (χ0n) is 16.3. The number of rotatable bonds is 7. The molecule has 28 heavy (non-hydrogen) atoms. The van der Waals surface area contributed by atoms with E-state index in [0.717, 1.165) is 16.7 Å². The summed E-state index contributed by atoms with van der Waals surface area (Å²) in [6.45, 7) is 0.478. The van der Waals surface area contributed by atoms with Gasteiger partial charge in [-0.05, 0) is 41.7 Å². The Balaban J connectivity index is 1.85. The maximum Gasteiger partial charge on any atom is 0.305 e. The molecule has 3 rings (SSSR count). The SMILES string of the molecule is COc1cc2c(cc1OC)[C@@H](CC(=O)O)N(C(=O)CCc1cnn(C)c1)CC2. The van der Waals surface area contributed by atoms with Crippen molar-refractivity contribution < 1.29 is 24.2 Å². The highest BCUT2D eigenvalue weighted by molar-refractivity contribution is 5.79. The van der Waals surface area contributed by atoms with Gasteiger partial charge >= 0.3 is 5.97 Å². The van der Waals surface area contributed by atoms with Gasteiger partial charge in [0, 0.05) is 26.2 Å². The molecule has 8 nitrogen and oxygen atoms in total. The average Bonchev–Trinajstić information content (AvgIpc) is 3.10. The van der Waals surface area contributed by atoms with Crippen LogP contribution in [0.1, 0.15) is 35.6 Å². The first-order chi connectivity index (χ1) is 13.4. The third-order valence-corrected chi connectivity index (χ3v) is 5.08. The van der Waals surface area contributed by atoms with Crippen LogP contribution in [0.2, 0.25) is 0 Å². The fourth-order valence-electron chi connectivity index (χ4n) is 3.71. The summed E-state index contributed by atoms with van der Waals surface area (Å²) in [6, 6.07) is 3.14. The van der Waals surface area contributed by atoms with Gasteiger partial charge in [-0.2, -0.15) is 5.10 Å². The zero-order chi connectivity index (χ0) is 20.3. The first-order valence-corrected chi connectivity index (χ1v) is 9.16. The van der Waals surface area contributed by atoms with E-state index in [2.05, 4.69) is 5.10 Å². The molecule has 1 aromatic carbocycles. The number of carboxylic acids is 1. The van der Waals surface area contributed by atoms with Crippen LogP contribution in [0.3, 0.4) is 0 Å². The quantitative estimate of drug-likeness (QED) is 0.781. The molecule has 150 valence electrons. The van der Waals surface area contributed by atoms with Crippen LogP contribution in [0.4, 0.5) is 0 Å². The lowest BCUT2D eigenvalue weighted by atomic mass is 9.89. The average molecular weight is 387 g/mol. The topological polar surface area (TPSA) is 93.9 Å². The second-order valence-electron chi connectivity index (χ2n) is 6.88. The molecule has 1 aliphatic rings. The molecule has 1 N–H and O–H groups in total. The zero-order valence-corrected chi connectivity index (χ0v) is 16.3. The number of aliphatic carboxylic acids is 1. The van der Waals surface area contributed by atoms with Crippen LogP contribution >= 0.6 is 0 Å². The Kier molecular flexibility index (Phi) is 5.87. The molecule has 0 bridgehead atoms. The number of aryl methyl sites for hydroxylation is 2. The van der Waals surface area contributed by atoms with Gasteiger partial charge in [0.05, 0.1) is 32.9 Å². The number of methoxy groups -OCH3 is 2. The third kappa shape index (κ3) is 4.11. The molecule has 2 heterocycles. The minimum absolute atomic E-state index is 0.0597. The lowest BCUT2D eigenvalue weighted by Gasteiger charge is -2.37. The fourth-order valence-corrected chi connectivity index (χ4v) is 3.71. The summed E-state index contributed by atoms with van der Waals surface area (Å²) in [5.74, 6) is 0.126. The molecule has 8 heteroatoms.